The second kappa shape index (κ2) is 8.44. The van der Waals surface area contributed by atoms with E-state index in [1.54, 1.807) is 72.9 Å². The summed E-state index contributed by atoms with van der Waals surface area (Å²) in [6.07, 6.45) is 1.55. The molecule has 1 fully saturated rings. The third kappa shape index (κ3) is 3.92. The lowest BCUT2D eigenvalue weighted by molar-refractivity contribution is -0.132. The predicted octanol–water partition coefficient (Wildman–Crippen LogP) is 4.50. The topological polar surface area (TPSA) is 79.7 Å². The lowest BCUT2D eigenvalue weighted by Gasteiger charge is -2.24. The van der Waals surface area contributed by atoms with Crippen LogP contribution < -0.4 is 9.64 Å². The number of rotatable bonds is 5. The fraction of sp³-hybridized carbons (Fsp3) is 0.160. The van der Waals surface area contributed by atoms with Crippen LogP contribution in [0.3, 0.4) is 0 Å². The van der Waals surface area contributed by atoms with Gasteiger partial charge in [-0.2, -0.15) is 0 Å². The summed E-state index contributed by atoms with van der Waals surface area (Å²) in [7, 11) is 0. The number of aliphatic hydroxyl groups is 1. The highest BCUT2D eigenvalue weighted by molar-refractivity contribution is 6.51. The van der Waals surface area contributed by atoms with Gasteiger partial charge in [0.2, 0.25) is 0 Å². The zero-order valence-corrected chi connectivity index (χ0v) is 17.2. The number of amides is 1. The van der Waals surface area contributed by atoms with E-state index >= 15 is 0 Å². The predicted molar refractivity (Wildman–Crippen MR) is 118 cm³/mol. The fourth-order valence-electron chi connectivity index (χ4n) is 3.65. The molecule has 2 heterocycles. The number of hydrogen-bond donors (Lipinski definition) is 1. The number of carbonyl (C=O) groups is 2. The third-order valence-electron chi connectivity index (χ3n) is 4.93. The van der Waals surface area contributed by atoms with Crippen LogP contribution in [0, 0.1) is 0 Å². The monoisotopic (exact) mass is 414 g/mol. The van der Waals surface area contributed by atoms with Crippen LogP contribution in [0.1, 0.15) is 31.1 Å². The number of ether oxygens (including phenoxy) is 1. The number of para-hydroxylation sites is 1. The minimum atomic E-state index is -0.849. The summed E-state index contributed by atoms with van der Waals surface area (Å²) in [5, 5.41) is 11.2. The Hall–Kier alpha value is -3.93. The van der Waals surface area contributed by atoms with Crippen molar-refractivity contribution in [3.63, 3.8) is 0 Å². The van der Waals surface area contributed by atoms with E-state index in [9.17, 15) is 14.7 Å². The summed E-state index contributed by atoms with van der Waals surface area (Å²) in [6.45, 7) is 3.80. The largest absolute Gasteiger partial charge is 0.507 e. The summed E-state index contributed by atoms with van der Waals surface area (Å²) in [5.41, 5.74) is 1.43. The number of benzene rings is 2. The number of Topliss-reactive ketones (excluding diaryl/α,β-unsaturated/α-hetero) is 1. The Morgan fingerprint density at radius 1 is 1.00 bits per heavy atom. The van der Waals surface area contributed by atoms with Gasteiger partial charge in [-0.05, 0) is 50.2 Å². The molecule has 2 aromatic carbocycles. The molecule has 1 atom stereocenters. The van der Waals surface area contributed by atoms with E-state index in [0.717, 1.165) is 0 Å². The zero-order valence-electron chi connectivity index (χ0n) is 17.2. The van der Waals surface area contributed by atoms with Gasteiger partial charge >= 0.3 is 0 Å². The van der Waals surface area contributed by atoms with Gasteiger partial charge in [-0.1, -0.05) is 36.4 Å². The van der Waals surface area contributed by atoms with Crippen LogP contribution in [0.15, 0.2) is 84.6 Å². The molecule has 1 aliphatic rings. The van der Waals surface area contributed by atoms with E-state index in [1.807, 2.05) is 19.9 Å². The van der Waals surface area contributed by atoms with Crippen molar-refractivity contribution in [1.82, 2.24) is 4.98 Å². The number of hydrogen-bond acceptors (Lipinski definition) is 5. The molecule has 1 unspecified atom stereocenters. The molecule has 1 aliphatic heterocycles. The summed E-state index contributed by atoms with van der Waals surface area (Å²) in [4.78, 5) is 31.9. The van der Waals surface area contributed by atoms with Crippen LogP contribution in [-0.4, -0.2) is 27.9 Å². The molecule has 0 spiro atoms. The molecular weight excluding hydrogens is 392 g/mol. The van der Waals surface area contributed by atoms with Crippen LogP contribution >= 0.6 is 0 Å². The van der Waals surface area contributed by atoms with Crippen molar-refractivity contribution in [1.29, 1.82) is 0 Å². The number of nitrogens with zero attached hydrogens (tertiary/aromatic N) is 2. The molecule has 31 heavy (non-hydrogen) atoms. The van der Waals surface area contributed by atoms with Gasteiger partial charge in [0.15, 0.2) is 0 Å². The molecule has 1 amide bonds. The van der Waals surface area contributed by atoms with E-state index in [2.05, 4.69) is 4.98 Å². The van der Waals surface area contributed by atoms with Crippen molar-refractivity contribution in [2.24, 2.45) is 0 Å². The van der Waals surface area contributed by atoms with E-state index in [-0.39, 0.29) is 17.4 Å². The average Bonchev–Trinajstić information content (AvgIpc) is 3.05. The highest BCUT2D eigenvalue weighted by Gasteiger charge is 2.47. The number of aromatic nitrogens is 1. The van der Waals surface area contributed by atoms with Gasteiger partial charge < -0.3 is 9.84 Å². The molecule has 1 aromatic heterocycles. The Balaban J connectivity index is 1.89. The normalized spacial score (nSPS) is 17.9. The Labute approximate surface area is 180 Å². The van der Waals surface area contributed by atoms with Gasteiger partial charge in [-0.25, -0.2) is 0 Å². The lowest BCUT2D eigenvalue weighted by Crippen LogP contribution is -2.29. The van der Waals surface area contributed by atoms with Crippen LogP contribution in [0.2, 0.25) is 0 Å². The van der Waals surface area contributed by atoms with Gasteiger partial charge in [-0.15, -0.1) is 0 Å². The van der Waals surface area contributed by atoms with Crippen molar-refractivity contribution in [3.05, 3.63) is 95.8 Å². The molecule has 156 valence electrons. The molecule has 0 bridgehead atoms. The summed E-state index contributed by atoms with van der Waals surface area (Å²) >= 11 is 0. The van der Waals surface area contributed by atoms with Gasteiger partial charge in [0.1, 0.15) is 17.6 Å². The Morgan fingerprint density at radius 2 is 1.74 bits per heavy atom. The molecule has 0 aliphatic carbocycles. The number of carbonyl (C=O) groups excluding carboxylic acids is 2. The maximum atomic E-state index is 13.1. The maximum Gasteiger partial charge on any atom is 0.300 e. The third-order valence-corrected chi connectivity index (χ3v) is 4.93. The van der Waals surface area contributed by atoms with E-state index < -0.39 is 17.7 Å². The SMILES string of the molecule is CC(C)Oc1cccc(/C(O)=C2/C(=O)C(=O)N(c3ccccc3)C2c2ccccn2)c1. The first-order valence-corrected chi connectivity index (χ1v) is 10.0. The first-order chi connectivity index (χ1) is 15.0. The van der Waals surface area contributed by atoms with Gasteiger partial charge in [0, 0.05) is 17.4 Å². The van der Waals surface area contributed by atoms with Crippen LogP contribution in [0.4, 0.5) is 5.69 Å². The van der Waals surface area contributed by atoms with Gasteiger partial charge in [0.25, 0.3) is 11.7 Å². The molecular formula is C25H22N2O4. The number of aliphatic hydroxyl groups excluding tert-OH is 1. The first kappa shape index (κ1) is 20.3. The van der Waals surface area contributed by atoms with Gasteiger partial charge in [-0.3, -0.25) is 19.5 Å². The summed E-state index contributed by atoms with van der Waals surface area (Å²) in [6, 6.07) is 20.2. The molecule has 0 saturated carbocycles. The summed E-state index contributed by atoms with van der Waals surface area (Å²) in [5.74, 6) is -1.17. The fourth-order valence-corrected chi connectivity index (χ4v) is 3.65. The van der Waals surface area contributed by atoms with Crippen LogP contribution in [0.5, 0.6) is 5.75 Å². The smallest absolute Gasteiger partial charge is 0.300 e. The average molecular weight is 414 g/mol. The quantitative estimate of drug-likeness (QED) is 0.378. The minimum Gasteiger partial charge on any atom is -0.507 e. The van der Waals surface area contributed by atoms with Crippen molar-refractivity contribution < 1.29 is 19.4 Å². The van der Waals surface area contributed by atoms with Crippen molar-refractivity contribution in [2.45, 2.75) is 26.0 Å². The molecule has 3 aromatic rings. The Bertz CT molecular complexity index is 1140. The molecule has 6 heteroatoms. The second-order valence-corrected chi connectivity index (χ2v) is 7.45. The van der Waals surface area contributed by atoms with Crippen molar-refractivity contribution >= 4 is 23.1 Å². The van der Waals surface area contributed by atoms with Crippen molar-refractivity contribution in [3.8, 4) is 5.75 Å². The van der Waals surface area contributed by atoms with E-state index in [0.29, 0.717) is 22.7 Å². The highest BCUT2D eigenvalue weighted by Crippen LogP contribution is 2.41. The first-order valence-electron chi connectivity index (χ1n) is 10.0. The second-order valence-electron chi connectivity index (χ2n) is 7.45. The zero-order chi connectivity index (χ0) is 22.0. The van der Waals surface area contributed by atoms with E-state index in [1.165, 1.54) is 4.90 Å². The summed E-state index contributed by atoms with van der Waals surface area (Å²) < 4.78 is 5.71. The maximum absolute atomic E-state index is 13.1. The van der Waals surface area contributed by atoms with E-state index in [4.69, 9.17) is 4.74 Å². The van der Waals surface area contributed by atoms with Crippen LogP contribution in [0.25, 0.3) is 5.76 Å². The van der Waals surface area contributed by atoms with Crippen molar-refractivity contribution in [2.75, 3.05) is 4.90 Å². The molecule has 1 N–H and O–H groups in total. The van der Waals surface area contributed by atoms with Crippen LogP contribution in [-0.2, 0) is 9.59 Å². The Morgan fingerprint density at radius 3 is 2.42 bits per heavy atom. The highest BCUT2D eigenvalue weighted by atomic mass is 16.5. The molecule has 4 rings (SSSR count). The molecule has 1 saturated heterocycles. The number of ketones is 1. The Kier molecular flexibility index (Phi) is 5.54. The molecule has 0 radical (unpaired) electrons. The van der Waals surface area contributed by atoms with Gasteiger partial charge in [0.05, 0.1) is 17.4 Å². The minimum absolute atomic E-state index is 0.00532. The number of anilines is 1. The lowest BCUT2D eigenvalue weighted by atomic mass is 9.98. The number of pyridine rings is 1. The standard InChI is InChI=1S/C25H22N2O4/c1-16(2)31-19-12-8-9-17(15-19)23(28)21-22(20-13-6-7-14-26-20)27(25(30)24(21)29)18-10-4-3-5-11-18/h3-16,22,28H,1-2H3/b23-21-. The molecule has 6 nitrogen and oxygen atoms in total.